The predicted octanol–water partition coefficient (Wildman–Crippen LogP) is 2.75. The number of carbonyl (C=O) groups is 1. The molecule has 28 heavy (non-hydrogen) atoms. The molecule has 0 aromatic heterocycles. The van der Waals surface area contributed by atoms with Crippen molar-refractivity contribution in [1.29, 1.82) is 10.8 Å². The molecule has 7 nitrogen and oxygen atoms in total. The number of nitriles is 1. The normalized spacial score (nSPS) is 38.6. The Bertz CT molecular complexity index is 987. The van der Waals surface area contributed by atoms with Gasteiger partial charge in [0, 0.05) is 5.69 Å². The van der Waals surface area contributed by atoms with Crippen molar-refractivity contribution in [1.82, 2.24) is 0 Å². The minimum atomic E-state index is -4.82. The van der Waals surface area contributed by atoms with Crippen molar-refractivity contribution in [2.24, 2.45) is 11.0 Å². The summed E-state index contributed by atoms with van der Waals surface area (Å²) in [5, 5.41) is 23.4. The van der Waals surface area contributed by atoms with Crippen LogP contribution >= 0.6 is 0 Å². The Hall–Kier alpha value is -2.77. The van der Waals surface area contributed by atoms with Gasteiger partial charge in [-0.05, 0) is 32.0 Å². The largest absolute Gasteiger partial charge is 0.417 e. The molecule has 10 heteroatoms. The number of aliphatic hydroxyl groups excluding tert-OH is 1. The lowest BCUT2D eigenvalue weighted by Gasteiger charge is -2.33. The number of hydrogen-bond donors (Lipinski definition) is 2. The number of alkyl halides is 3. The molecule has 146 valence electrons. The third kappa shape index (κ3) is 1.92. The van der Waals surface area contributed by atoms with Crippen molar-refractivity contribution in [2.45, 2.75) is 43.0 Å². The van der Waals surface area contributed by atoms with Gasteiger partial charge in [0.25, 0.3) is 5.91 Å². The first kappa shape index (κ1) is 18.6. The van der Waals surface area contributed by atoms with Gasteiger partial charge in [-0.25, -0.2) is 5.53 Å². The summed E-state index contributed by atoms with van der Waals surface area (Å²) >= 11 is 0. The average Bonchev–Trinajstić information content (AvgIpc) is 3.14. The van der Waals surface area contributed by atoms with E-state index in [1.807, 2.05) is 0 Å². The van der Waals surface area contributed by atoms with Crippen LogP contribution in [0.5, 0.6) is 0 Å². The number of fused-ring (bicyclic) bond motifs is 5. The molecule has 3 aliphatic rings. The maximum absolute atomic E-state index is 13.3. The molecule has 1 aromatic rings. The summed E-state index contributed by atoms with van der Waals surface area (Å²) in [6.07, 6.45) is -3.12. The van der Waals surface area contributed by atoms with Gasteiger partial charge in [0.2, 0.25) is 5.54 Å². The van der Waals surface area contributed by atoms with Crippen LogP contribution in [-0.2, 0) is 15.7 Å². The van der Waals surface area contributed by atoms with E-state index in [9.17, 15) is 23.1 Å². The quantitative estimate of drug-likeness (QED) is 0.596. The Balaban J connectivity index is 1.88. The summed E-state index contributed by atoms with van der Waals surface area (Å²) < 4.78 is 45.9. The average molecular weight is 392 g/mol. The van der Waals surface area contributed by atoms with Crippen LogP contribution in [0.3, 0.4) is 0 Å². The number of rotatable bonds is 2. The zero-order valence-electron chi connectivity index (χ0n) is 14.8. The molecule has 2 bridgehead atoms. The Labute approximate surface area is 157 Å². The van der Waals surface area contributed by atoms with Crippen LogP contribution < -0.4 is 4.90 Å². The SMILES string of the molecule is CC12C=C[C@@](C)(O1)[C@]1(N=N)C(=O)N(c3ccc(C#N)c(C(F)(F)F)c3)[C@H](O)C21. The maximum Gasteiger partial charge on any atom is 0.417 e. The van der Waals surface area contributed by atoms with Crippen LogP contribution in [0.4, 0.5) is 18.9 Å². The molecular weight excluding hydrogens is 377 g/mol. The van der Waals surface area contributed by atoms with Crippen LogP contribution in [0, 0.1) is 22.8 Å². The summed E-state index contributed by atoms with van der Waals surface area (Å²) in [4.78, 5) is 14.1. The summed E-state index contributed by atoms with van der Waals surface area (Å²) in [7, 11) is 0. The lowest BCUT2D eigenvalue weighted by molar-refractivity contribution is -0.138. The van der Waals surface area contributed by atoms with E-state index >= 15 is 0 Å². The van der Waals surface area contributed by atoms with Crippen molar-refractivity contribution in [2.75, 3.05) is 4.90 Å². The molecule has 1 amide bonds. The minimum Gasteiger partial charge on any atom is -0.373 e. The van der Waals surface area contributed by atoms with E-state index in [2.05, 4.69) is 5.11 Å². The summed E-state index contributed by atoms with van der Waals surface area (Å²) in [5.41, 5.74) is 1.45. The van der Waals surface area contributed by atoms with Gasteiger partial charge in [-0.15, -0.1) is 0 Å². The van der Waals surface area contributed by atoms with Gasteiger partial charge in [0.05, 0.1) is 28.7 Å². The number of nitrogens with zero attached hydrogens (tertiary/aromatic N) is 3. The van der Waals surface area contributed by atoms with Crippen molar-refractivity contribution >= 4 is 11.6 Å². The van der Waals surface area contributed by atoms with Gasteiger partial charge in [-0.1, -0.05) is 12.2 Å². The molecule has 5 atom stereocenters. The molecular formula is C18H15F3N4O3. The highest BCUT2D eigenvalue weighted by Gasteiger charge is 2.80. The molecule has 2 N–H and O–H groups in total. The van der Waals surface area contributed by atoms with Gasteiger partial charge in [0.15, 0.2) is 0 Å². The van der Waals surface area contributed by atoms with E-state index in [1.165, 1.54) is 6.07 Å². The molecule has 1 aromatic carbocycles. The fourth-order valence-electron chi connectivity index (χ4n) is 4.77. The zero-order chi connectivity index (χ0) is 20.7. The summed E-state index contributed by atoms with van der Waals surface area (Å²) in [5.74, 6) is -1.81. The third-order valence-electron chi connectivity index (χ3n) is 5.98. The molecule has 0 aliphatic carbocycles. The van der Waals surface area contributed by atoms with E-state index in [0.29, 0.717) is 6.07 Å². The molecule has 2 fully saturated rings. The second-order valence-corrected chi connectivity index (χ2v) is 7.51. The number of ether oxygens (including phenoxy) is 1. The molecule has 2 saturated heterocycles. The Morgan fingerprint density at radius 1 is 1.36 bits per heavy atom. The maximum atomic E-state index is 13.3. The van der Waals surface area contributed by atoms with E-state index in [-0.39, 0.29) is 5.69 Å². The molecule has 4 rings (SSSR count). The van der Waals surface area contributed by atoms with Crippen molar-refractivity contribution in [3.05, 3.63) is 41.5 Å². The van der Waals surface area contributed by atoms with E-state index in [0.717, 1.165) is 17.0 Å². The predicted molar refractivity (Wildman–Crippen MR) is 88.1 cm³/mol. The minimum absolute atomic E-state index is 0.229. The van der Waals surface area contributed by atoms with E-state index in [1.54, 1.807) is 26.0 Å². The van der Waals surface area contributed by atoms with Gasteiger partial charge in [0.1, 0.15) is 11.8 Å². The fourth-order valence-corrected chi connectivity index (χ4v) is 4.77. The van der Waals surface area contributed by atoms with Gasteiger partial charge >= 0.3 is 6.18 Å². The van der Waals surface area contributed by atoms with Crippen molar-refractivity contribution in [3.63, 3.8) is 0 Å². The Morgan fingerprint density at radius 3 is 2.57 bits per heavy atom. The number of amides is 1. The Morgan fingerprint density at radius 2 is 2.04 bits per heavy atom. The lowest BCUT2D eigenvalue weighted by atomic mass is 9.67. The molecule has 0 radical (unpaired) electrons. The highest BCUT2D eigenvalue weighted by atomic mass is 19.4. The first-order valence-corrected chi connectivity index (χ1v) is 8.37. The smallest absolute Gasteiger partial charge is 0.373 e. The van der Waals surface area contributed by atoms with E-state index in [4.69, 9.17) is 15.5 Å². The number of carbonyl (C=O) groups excluding carboxylic acids is 1. The van der Waals surface area contributed by atoms with Crippen molar-refractivity contribution in [3.8, 4) is 6.07 Å². The number of aliphatic hydroxyl groups is 1. The van der Waals surface area contributed by atoms with Gasteiger partial charge in [-0.2, -0.15) is 23.5 Å². The van der Waals surface area contributed by atoms with Gasteiger partial charge < -0.3 is 9.84 Å². The molecule has 3 aliphatic heterocycles. The zero-order valence-corrected chi connectivity index (χ0v) is 14.8. The number of anilines is 1. The highest BCUT2D eigenvalue weighted by molar-refractivity contribution is 6.06. The van der Waals surface area contributed by atoms with Gasteiger partial charge in [-0.3, -0.25) is 9.69 Å². The Kier molecular flexibility index (Phi) is 3.44. The fraction of sp³-hybridized carbons (Fsp3) is 0.444. The standard InChI is InChI=1S/C18H15F3N4O3/c1-15-5-6-16(2,28-15)17(24-23)12(15)13(26)25(14(17)27)10-4-3-9(8-22)11(7-10)18(19,20)21/h3-7,12-13,23,26H,1-2H3/t12?,13-,15?,16-,17-/m1/s1. The molecule has 2 unspecified atom stereocenters. The van der Waals surface area contributed by atoms with Crippen molar-refractivity contribution < 1.29 is 27.8 Å². The van der Waals surface area contributed by atoms with Crippen LogP contribution in [0.2, 0.25) is 0 Å². The monoisotopic (exact) mass is 392 g/mol. The highest BCUT2D eigenvalue weighted by Crippen LogP contribution is 2.62. The second-order valence-electron chi connectivity index (χ2n) is 7.51. The molecule has 0 spiro atoms. The third-order valence-corrected chi connectivity index (χ3v) is 5.98. The first-order chi connectivity index (χ1) is 12.9. The van der Waals surface area contributed by atoms with E-state index < -0.39 is 52.1 Å². The number of benzene rings is 1. The lowest BCUT2D eigenvalue weighted by Crippen LogP contribution is -2.55. The van der Waals surface area contributed by atoms with Crippen LogP contribution in [0.1, 0.15) is 25.0 Å². The van der Waals surface area contributed by atoms with Crippen LogP contribution in [0.25, 0.3) is 0 Å². The molecule has 0 saturated carbocycles. The number of halogens is 3. The number of nitrogens with one attached hydrogen (secondary N) is 1. The second kappa shape index (κ2) is 5.18. The van der Waals surface area contributed by atoms with Crippen LogP contribution in [0.15, 0.2) is 35.5 Å². The van der Waals surface area contributed by atoms with Crippen LogP contribution in [-0.4, -0.2) is 34.0 Å². The topological polar surface area (TPSA) is 110 Å². The summed E-state index contributed by atoms with van der Waals surface area (Å²) in [6.45, 7) is 3.19. The first-order valence-electron chi connectivity index (χ1n) is 8.37. The molecule has 3 heterocycles. The number of hydrogen-bond acceptors (Lipinski definition) is 6. The summed E-state index contributed by atoms with van der Waals surface area (Å²) in [6, 6.07) is 4.23.